The molecule has 1 unspecified atom stereocenters. The van der Waals surface area contributed by atoms with Gasteiger partial charge in [0, 0.05) is 52.8 Å². The number of pyridine rings is 1. The van der Waals surface area contributed by atoms with E-state index in [1.807, 2.05) is 43.6 Å². The van der Waals surface area contributed by atoms with Crippen LogP contribution in [0.2, 0.25) is 0 Å². The minimum Gasteiger partial charge on any atom is -0.391 e. The molecule has 1 aliphatic heterocycles. The molecular formula is C27H30F2N3P. The van der Waals surface area contributed by atoms with Gasteiger partial charge in [0.15, 0.2) is 0 Å². The first kappa shape index (κ1) is 23.5. The van der Waals surface area contributed by atoms with Crippen LogP contribution in [0.5, 0.6) is 0 Å². The van der Waals surface area contributed by atoms with Crippen LogP contribution in [0.4, 0.5) is 8.78 Å². The Morgan fingerprint density at radius 1 is 1.06 bits per heavy atom. The number of halogens is 2. The second-order valence-corrected chi connectivity index (χ2v) is 10.8. The maximum Gasteiger partial charge on any atom is 0.136 e. The molecule has 0 amide bonds. The Bertz CT molecular complexity index is 1210. The fourth-order valence-electron chi connectivity index (χ4n) is 4.36. The Hall–Kier alpha value is -2.65. The van der Waals surface area contributed by atoms with Gasteiger partial charge in [-0.15, -0.1) is 0 Å². The Balaban J connectivity index is 2.03. The Morgan fingerprint density at radius 3 is 2.61 bits per heavy atom. The molecule has 0 fully saturated rings. The van der Waals surface area contributed by atoms with E-state index in [9.17, 15) is 4.39 Å². The van der Waals surface area contributed by atoms with Crippen molar-refractivity contribution in [2.24, 2.45) is 10.4 Å². The van der Waals surface area contributed by atoms with E-state index in [0.717, 1.165) is 41.3 Å². The van der Waals surface area contributed by atoms with Gasteiger partial charge in [-0.05, 0) is 47.7 Å². The molecule has 172 valence electrons. The molecule has 0 spiro atoms. The van der Waals surface area contributed by atoms with Gasteiger partial charge in [0.2, 0.25) is 0 Å². The van der Waals surface area contributed by atoms with Crippen LogP contribution in [0, 0.1) is 17.0 Å². The molecule has 1 N–H and O–H groups in total. The van der Waals surface area contributed by atoms with Crippen LogP contribution in [0.1, 0.15) is 46.2 Å². The second kappa shape index (κ2) is 8.95. The normalized spacial score (nSPS) is 20.0. The molecule has 33 heavy (non-hydrogen) atoms. The van der Waals surface area contributed by atoms with Crippen LogP contribution in [0.15, 0.2) is 70.3 Å². The molecule has 1 atom stereocenters. The van der Waals surface area contributed by atoms with Crippen molar-refractivity contribution in [3.05, 3.63) is 82.6 Å². The topological polar surface area (TPSA) is 37.3 Å². The number of fused-ring (bicyclic) bond motifs is 4. The van der Waals surface area contributed by atoms with E-state index in [0.29, 0.717) is 16.6 Å². The number of rotatable bonds is 1. The summed E-state index contributed by atoms with van der Waals surface area (Å²) >= 11 is 0. The summed E-state index contributed by atoms with van der Waals surface area (Å²) in [6.45, 7) is 8.62. The summed E-state index contributed by atoms with van der Waals surface area (Å²) in [5.41, 5.74) is 2.98. The Morgan fingerprint density at radius 2 is 1.85 bits per heavy atom. The van der Waals surface area contributed by atoms with Crippen molar-refractivity contribution in [1.29, 1.82) is 0 Å². The lowest BCUT2D eigenvalue weighted by atomic mass is 9.64. The van der Waals surface area contributed by atoms with Crippen molar-refractivity contribution in [3.63, 3.8) is 0 Å². The third-order valence-electron chi connectivity index (χ3n) is 7.09. The lowest BCUT2D eigenvalue weighted by Gasteiger charge is -2.43. The molecule has 4 rings (SSSR count). The first-order valence-corrected chi connectivity index (χ1v) is 12.2. The number of hydrogen-bond donors (Lipinski definition) is 1. The SMILES string of the molecule is CNC1=CC=NC2=C(C=CCC2)Pc2cc(F)cc(F)c2-c2cccc(n2)C(C)(C)C1(C)C. The summed E-state index contributed by atoms with van der Waals surface area (Å²) in [5.74, 6) is -1.17. The number of nitrogens with one attached hydrogen (secondary N) is 1. The van der Waals surface area contributed by atoms with E-state index in [4.69, 9.17) is 9.98 Å². The van der Waals surface area contributed by atoms with Crippen molar-refractivity contribution in [1.82, 2.24) is 10.3 Å². The predicted octanol–water partition coefficient (Wildman–Crippen LogP) is 6.38. The minimum atomic E-state index is -0.590. The molecule has 2 aromatic rings. The summed E-state index contributed by atoms with van der Waals surface area (Å²) < 4.78 is 29.5. The van der Waals surface area contributed by atoms with Crippen LogP contribution < -0.4 is 10.6 Å². The number of aliphatic imine (C=N–C) groups is 1. The van der Waals surface area contributed by atoms with Crippen LogP contribution >= 0.6 is 8.58 Å². The fraction of sp³-hybridized carbons (Fsp3) is 0.333. The third kappa shape index (κ3) is 4.31. The van der Waals surface area contributed by atoms with Crippen molar-refractivity contribution in [2.45, 2.75) is 46.0 Å². The summed E-state index contributed by atoms with van der Waals surface area (Å²) in [7, 11) is 1.99. The van der Waals surface area contributed by atoms with Crippen LogP contribution in [0.3, 0.4) is 0 Å². The van der Waals surface area contributed by atoms with Crippen molar-refractivity contribution in [3.8, 4) is 11.3 Å². The quantitative estimate of drug-likeness (QED) is 0.496. The van der Waals surface area contributed by atoms with Crippen LogP contribution in [-0.2, 0) is 5.41 Å². The average Bonchev–Trinajstić information content (AvgIpc) is 2.76. The average molecular weight is 466 g/mol. The maximum absolute atomic E-state index is 15.2. The van der Waals surface area contributed by atoms with E-state index in [-0.39, 0.29) is 14.0 Å². The van der Waals surface area contributed by atoms with Crippen LogP contribution in [0.25, 0.3) is 11.3 Å². The van der Waals surface area contributed by atoms with E-state index in [2.05, 4.69) is 39.1 Å². The van der Waals surface area contributed by atoms with Crippen molar-refractivity contribution < 1.29 is 8.78 Å². The first-order valence-electron chi connectivity index (χ1n) is 11.2. The van der Waals surface area contributed by atoms with Gasteiger partial charge in [0.25, 0.3) is 0 Å². The van der Waals surface area contributed by atoms with Crippen LogP contribution in [-0.4, -0.2) is 18.2 Å². The molecule has 3 nitrogen and oxygen atoms in total. The molecule has 6 heteroatoms. The van der Waals surface area contributed by atoms with Gasteiger partial charge in [-0.1, -0.05) is 54.5 Å². The monoisotopic (exact) mass is 465 g/mol. The summed E-state index contributed by atoms with van der Waals surface area (Å²) in [6.07, 6.45) is 9.69. The van der Waals surface area contributed by atoms with E-state index in [1.54, 1.807) is 0 Å². The van der Waals surface area contributed by atoms with Crippen molar-refractivity contribution in [2.75, 3.05) is 7.05 Å². The third-order valence-corrected chi connectivity index (χ3v) is 8.48. The lowest BCUT2D eigenvalue weighted by molar-refractivity contribution is 0.232. The highest BCUT2D eigenvalue weighted by molar-refractivity contribution is 7.52. The van der Waals surface area contributed by atoms with Gasteiger partial charge in [0.1, 0.15) is 11.6 Å². The van der Waals surface area contributed by atoms with E-state index >= 15 is 4.39 Å². The van der Waals surface area contributed by atoms with Gasteiger partial charge in [-0.2, -0.15) is 0 Å². The zero-order valence-electron chi connectivity index (χ0n) is 19.8. The Kier molecular flexibility index (Phi) is 6.37. The van der Waals surface area contributed by atoms with Gasteiger partial charge >= 0.3 is 0 Å². The lowest BCUT2D eigenvalue weighted by Crippen LogP contribution is -2.42. The highest BCUT2D eigenvalue weighted by Crippen LogP contribution is 2.45. The first-order chi connectivity index (χ1) is 15.6. The molecule has 0 saturated heterocycles. The standard InChI is InChI=1S/C27H30F2N3P/c1-26(2)23(30-5)13-14-31-19-9-6-7-11-21(19)33-22-16-17(28)15-18(29)25(22)20-10-8-12-24(32-20)27(26,3)4/h7-8,10-16,30,33H,6,9H2,1-5H3. The molecule has 1 aliphatic carbocycles. The molecule has 0 radical (unpaired) electrons. The maximum atomic E-state index is 15.2. The predicted molar refractivity (Wildman–Crippen MR) is 135 cm³/mol. The number of allylic oxidation sites excluding steroid dienone is 6. The highest BCUT2D eigenvalue weighted by atomic mass is 31.1. The second-order valence-electron chi connectivity index (χ2n) is 9.50. The minimum absolute atomic E-state index is 0.0695. The van der Waals surface area contributed by atoms with Crippen molar-refractivity contribution >= 4 is 20.1 Å². The molecule has 2 heterocycles. The molecule has 1 aromatic heterocycles. The molecule has 0 saturated carbocycles. The largest absolute Gasteiger partial charge is 0.391 e. The van der Waals surface area contributed by atoms with Gasteiger partial charge in [0.05, 0.1) is 5.69 Å². The number of hydrogen-bond acceptors (Lipinski definition) is 3. The van der Waals surface area contributed by atoms with E-state index in [1.165, 1.54) is 6.07 Å². The number of benzene rings is 1. The molecular weight excluding hydrogens is 435 g/mol. The molecule has 2 bridgehead atoms. The molecule has 2 aliphatic rings. The van der Waals surface area contributed by atoms with Gasteiger partial charge in [-0.25, -0.2) is 8.78 Å². The summed E-state index contributed by atoms with van der Waals surface area (Å²) in [5, 5.41) is 4.95. The van der Waals surface area contributed by atoms with Gasteiger partial charge < -0.3 is 5.32 Å². The number of aromatic nitrogens is 1. The zero-order chi connectivity index (χ0) is 23.8. The summed E-state index contributed by atoms with van der Waals surface area (Å²) in [6, 6.07) is 8.07. The molecule has 1 aromatic carbocycles. The smallest absolute Gasteiger partial charge is 0.136 e. The highest BCUT2D eigenvalue weighted by Gasteiger charge is 2.42. The zero-order valence-corrected chi connectivity index (χ0v) is 20.8. The number of nitrogens with zero attached hydrogens (tertiary/aromatic N) is 2. The summed E-state index contributed by atoms with van der Waals surface area (Å²) in [4.78, 5) is 9.71. The van der Waals surface area contributed by atoms with E-state index < -0.39 is 17.0 Å². The van der Waals surface area contributed by atoms with Gasteiger partial charge in [-0.3, -0.25) is 9.98 Å². The fourth-order valence-corrected chi connectivity index (χ4v) is 5.77. The Labute approximate surface area is 196 Å².